The number of hydrogen-bond acceptors (Lipinski definition) is 5. The highest BCUT2D eigenvalue weighted by atomic mass is 16.2. The Balaban J connectivity index is 1.60. The zero-order valence-corrected chi connectivity index (χ0v) is 17.9. The van der Waals surface area contributed by atoms with Crippen molar-refractivity contribution in [2.24, 2.45) is 0 Å². The summed E-state index contributed by atoms with van der Waals surface area (Å²) in [6.07, 6.45) is 6.82. The molecule has 2 heterocycles. The molecule has 1 amide bonds. The van der Waals surface area contributed by atoms with Gasteiger partial charge in [-0.25, -0.2) is 9.97 Å². The molecule has 0 radical (unpaired) electrons. The lowest BCUT2D eigenvalue weighted by molar-refractivity contribution is 0.0951. The number of rotatable bonds is 9. The molecule has 4 rings (SSSR count). The molecule has 2 N–H and O–H groups in total. The molecule has 0 aliphatic heterocycles. The highest BCUT2D eigenvalue weighted by Gasteiger charge is 2.13. The number of carbonyl (C=O) groups excluding carboxylic acids is 1. The van der Waals surface area contributed by atoms with Crippen LogP contribution >= 0.6 is 0 Å². The number of aromatic nitrogens is 3. The molecule has 0 bridgehead atoms. The number of benzene rings is 2. The number of pyridine rings is 1. The van der Waals surface area contributed by atoms with Crippen molar-refractivity contribution in [1.29, 1.82) is 0 Å². The van der Waals surface area contributed by atoms with Gasteiger partial charge in [0.15, 0.2) is 0 Å². The average molecular weight is 427 g/mol. The number of aliphatic hydroxyl groups excluding tert-OH is 1. The number of fused-ring (bicyclic) bond motifs is 1. The molecule has 0 saturated heterocycles. The third-order valence-corrected chi connectivity index (χ3v) is 5.32. The predicted molar refractivity (Wildman–Crippen MR) is 125 cm³/mol. The number of aryl methyl sites for hydroxylation is 1. The maximum Gasteiger partial charge on any atom is 0.251 e. The molecule has 0 unspecified atom stereocenters. The van der Waals surface area contributed by atoms with Gasteiger partial charge in [0.25, 0.3) is 5.91 Å². The summed E-state index contributed by atoms with van der Waals surface area (Å²) in [6, 6.07) is 19.2. The van der Waals surface area contributed by atoms with Crippen LogP contribution in [0.4, 0.5) is 0 Å². The predicted octanol–water partition coefficient (Wildman–Crippen LogP) is 4.33. The Bertz CT molecular complexity index is 1180. The number of aliphatic hydroxyl groups is 1. The second-order valence-corrected chi connectivity index (χ2v) is 7.66. The first-order valence-corrected chi connectivity index (χ1v) is 10.9. The summed E-state index contributed by atoms with van der Waals surface area (Å²) in [5.74, 6) is -0.151. The lowest BCUT2D eigenvalue weighted by Crippen LogP contribution is -2.22. The Labute approximate surface area is 187 Å². The van der Waals surface area contributed by atoms with Crippen LogP contribution in [0.5, 0.6) is 0 Å². The Morgan fingerprint density at radius 2 is 1.69 bits per heavy atom. The molecule has 6 heteroatoms. The fourth-order valence-electron chi connectivity index (χ4n) is 3.60. The minimum atomic E-state index is -0.151. The van der Waals surface area contributed by atoms with E-state index >= 15 is 0 Å². The highest BCUT2D eigenvalue weighted by Crippen LogP contribution is 2.25. The number of carbonyl (C=O) groups is 1. The number of nitrogens with zero attached hydrogens (tertiary/aromatic N) is 3. The Hall–Kier alpha value is -3.64. The second-order valence-electron chi connectivity index (χ2n) is 7.66. The molecule has 2 aromatic heterocycles. The van der Waals surface area contributed by atoms with Gasteiger partial charge < -0.3 is 10.4 Å². The van der Waals surface area contributed by atoms with Crippen LogP contribution in [-0.4, -0.2) is 32.6 Å². The van der Waals surface area contributed by atoms with E-state index in [1.165, 1.54) is 0 Å². The van der Waals surface area contributed by atoms with E-state index in [1.807, 2.05) is 48.5 Å². The molecular weight excluding hydrogens is 400 g/mol. The summed E-state index contributed by atoms with van der Waals surface area (Å²) in [7, 11) is 0. The van der Waals surface area contributed by atoms with Crippen LogP contribution in [0.15, 0.2) is 73.1 Å². The summed E-state index contributed by atoms with van der Waals surface area (Å²) >= 11 is 0. The molecule has 4 aromatic rings. The molecule has 0 atom stereocenters. The molecule has 2 aromatic carbocycles. The Kier molecular flexibility index (Phi) is 7.15. The van der Waals surface area contributed by atoms with E-state index in [0.717, 1.165) is 53.7 Å². The molecular formula is C26H26N4O2. The van der Waals surface area contributed by atoms with Crippen molar-refractivity contribution in [2.45, 2.75) is 32.2 Å². The van der Waals surface area contributed by atoms with Crippen molar-refractivity contribution in [1.82, 2.24) is 20.3 Å². The summed E-state index contributed by atoms with van der Waals surface area (Å²) in [6.45, 7) is 0.640. The Morgan fingerprint density at radius 3 is 2.47 bits per heavy atom. The van der Waals surface area contributed by atoms with Crippen molar-refractivity contribution in [2.75, 3.05) is 6.61 Å². The first kappa shape index (κ1) is 21.6. The van der Waals surface area contributed by atoms with Gasteiger partial charge in [-0.3, -0.25) is 9.78 Å². The largest absolute Gasteiger partial charge is 0.396 e. The van der Waals surface area contributed by atoms with Crippen LogP contribution < -0.4 is 5.32 Å². The summed E-state index contributed by atoms with van der Waals surface area (Å²) in [4.78, 5) is 26.5. The van der Waals surface area contributed by atoms with E-state index in [0.29, 0.717) is 17.6 Å². The van der Waals surface area contributed by atoms with Crippen molar-refractivity contribution in [3.8, 4) is 11.3 Å². The van der Waals surface area contributed by atoms with Crippen LogP contribution in [-0.2, 0) is 13.0 Å². The van der Waals surface area contributed by atoms with Gasteiger partial charge in [0.2, 0.25) is 0 Å². The topological polar surface area (TPSA) is 88.0 Å². The summed E-state index contributed by atoms with van der Waals surface area (Å²) in [5, 5.41) is 12.0. The molecule has 162 valence electrons. The van der Waals surface area contributed by atoms with Gasteiger partial charge >= 0.3 is 0 Å². The first-order chi connectivity index (χ1) is 15.7. The molecule has 0 fully saturated rings. The minimum Gasteiger partial charge on any atom is -0.396 e. The van der Waals surface area contributed by atoms with E-state index in [9.17, 15) is 4.79 Å². The zero-order valence-electron chi connectivity index (χ0n) is 17.9. The summed E-state index contributed by atoms with van der Waals surface area (Å²) in [5.41, 5.74) is 5.82. The van der Waals surface area contributed by atoms with E-state index in [4.69, 9.17) is 15.1 Å². The van der Waals surface area contributed by atoms with Crippen LogP contribution in [0, 0.1) is 0 Å². The highest BCUT2D eigenvalue weighted by molar-refractivity contribution is 5.97. The van der Waals surface area contributed by atoms with E-state index in [-0.39, 0.29) is 12.5 Å². The molecule has 0 saturated carbocycles. The molecule has 6 nitrogen and oxygen atoms in total. The molecule has 0 aliphatic rings. The molecule has 0 spiro atoms. The number of amides is 1. The zero-order chi connectivity index (χ0) is 22.2. The van der Waals surface area contributed by atoms with Crippen LogP contribution in [0.3, 0.4) is 0 Å². The maximum atomic E-state index is 12.7. The number of unbranched alkanes of at least 4 members (excludes halogenated alkanes) is 2. The lowest BCUT2D eigenvalue weighted by atomic mass is 10.0. The smallest absolute Gasteiger partial charge is 0.251 e. The molecule has 0 aliphatic carbocycles. The van der Waals surface area contributed by atoms with Gasteiger partial charge in [0.05, 0.1) is 22.4 Å². The maximum absolute atomic E-state index is 12.7. The van der Waals surface area contributed by atoms with Gasteiger partial charge in [0, 0.05) is 36.7 Å². The standard InChI is InChI=1S/C26H26N4O2/c31-16-6-2-5-9-23-25(20-7-3-1-4-8-20)30-22-11-10-21(17-24(22)29-23)26(32)28-18-19-12-14-27-15-13-19/h1,3-4,7-8,10-15,17,31H,2,5-6,9,16,18H2,(H,28,32). The van der Waals surface area contributed by atoms with Crippen LogP contribution in [0.1, 0.15) is 40.9 Å². The summed E-state index contributed by atoms with van der Waals surface area (Å²) < 4.78 is 0. The lowest BCUT2D eigenvalue weighted by Gasteiger charge is -2.11. The van der Waals surface area contributed by atoms with E-state index in [1.54, 1.807) is 24.5 Å². The third-order valence-electron chi connectivity index (χ3n) is 5.32. The van der Waals surface area contributed by atoms with Crippen LogP contribution in [0.2, 0.25) is 0 Å². The van der Waals surface area contributed by atoms with Gasteiger partial charge in [0.1, 0.15) is 0 Å². The van der Waals surface area contributed by atoms with Gasteiger partial charge in [-0.2, -0.15) is 0 Å². The fourth-order valence-corrected chi connectivity index (χ4v) is 3.60. The molecule has 32 heavy (non-hydrogen) atoms. The van der Waals surface area contributed by atoms with Crippen molar-refractivity contribution < 1.29 is 9.90 Å². The van der Waals surface area contributed by atoms with Gasteiger partial charge in [-0.05, 0) is 55.2 Å². The van der Waals surface area contributed by atoms with Crippen molar-refractivity contribution in [3.05, 3.63) is 89.9 Å². The minimum absolute atomic E-state index is 0.151. The number of hydrogen-bond donors (Lipinski definition) is 2. The number of nitrogens with one attached hydrogen (secondary N) is 1. The monoisotopic (exact) mass is 426 g/mol. The van der Waals surface area contributed by atoms with Crippen molar-refractivity contribution >= 4 is 16.9 Å². The third kappa shape index (κ3) is 5.34. The quantitative estimate of drug-likeness (QED) is 0.389. The van der Waals surface area contributed by atoms with Gasteiger partial charge in [-0.15, -0.1) is 0 Å². The van der Waals surface area contributed by atoms with E-state index < -0.39 is 0 Å². The first-order valence-electron chi connectivity index (χ1n) is 10.9. The van der Waals surface area contributed by atoms with Crippen LogP contribution in [0.25, 0.3) is 22.3 Å². The second kappa shape index (κ2) is 10.6. The van der Waals surface area contributed by atoms with Gasteiger partial charge in [-0.1, -0.05) is 36.8 Å². The average Bonchev–Trinajstić information content (AvgIpc) is 2.85. The SMILES string of the molecule is O=C(NCc1ccncc1)c1ccc2nc(-c3ccccc3)c(CCCCCO)nc2c1. The Morgan fingerprint density at radius 1 is 0.875 bits per heavy atom. The van der Waals surface area contributed by atoms with E-state index in [2.05, 4.69) is 10.3 Å². The fraction of sp³-hybridized carbons (Fsp3) is 0.231. The van der Waals surface area contributed by atoms with Crippen molar-refractivity contribution in [3.63, 3.8) is 0 Å². The normalized spacial score (nSPS) is 10.9.